The molecule has 5 nitrogen and oxygen atoms in total. The van der Waals surface area contributed by atoms with Crippen LogP contribution in [0.3, 0.4) is 0 Å². The van der Waals surface area contributed by atoms with E-state index >= 15 is 0 Å². The van der Waals surface area contributed by atoms with Crippen LogP contribution in [-0.4, -0.2) is 22.8 Å². The van der Waals surface area contributed by atoms with E-state index in [1.165, 1.54) is 0 Å². The molecule has 28 heavy (non-hydrogen) atoms. The number of hydrogen-bond donors (Lipinski definition) is 2. The second kappa shape index (κ2) is 9.85. The fourth-order valence-corrected chi connectivity index (χ4v) is 4.27. The van der Waals surface area contributed by atoms with Gasteiger partial charge in [-0.15, -0.1) is 0 Å². The van der Waals surface area contributed by atoms with Crippen LogP contribution in [-0.2, 0) is 9.59 Å². The van der Waals surface area contributed by atoms with Crippen molar-refractivity contribution in [3.8, 4) is 0 Å². The predicted molar refractivity (Wildman–Crippen MR) is 110 cm³/mol. The van der Waals surface area contributed by atoms with E-state index in [2.05, 4.69) is 41.6 Å². The van der Waals surface area contributed by atoms with E-state index in [9.17, 15) is 9.59 Å². The molecular weight excluding hydrogens is 350 g/mol. The van der Waals surface area contributed by atoms with Gasteiger partial charge in [0.25, 0.3) is 0 Å². The van der Waals surface area contributed by atoms with Gasteiger partial charge in [0, 0.05) is 30.3 Å². The average molecular weight is 384 g/mol. The van der Waals surface area contributed by atoms with Gasteiger partial charge >= 0.3 is 0 Å². The lowest BCUT2D eigenvalue weighted by Crippen LogP contribution is -2.43. The standard InChI is InChI=1S/C23H33N3O2/c1-16(2)14-21(19-8-5-13-24-15-19)26-23(28)18-9-11-20(12-10-18)25-22(27)17-6-3-4-7-17/h3-5,8,13,15-18,20-21H,6-7,9-12,14H2,1-2H3,(H,25,27)(H,26,28). The van der Waals surface area contributed by atoms with Crippen LogP contribution < -0.4 is 10.6 Å². The summed E-state index contributed by atoms with van der Waals surface area (Å²) < 4.78 is 0. The monoisotopic (exact) mass is 383 g/mol. The highest BCUT2D eigenvalue weighted by Gasteiger charge is 2.30. The van der Waals surface area contributed by atoms with Crippen molar-refractivity contribution in [2.75, 3.05) is 0 Å². The van der Waals surface area contributed by atoms with E-state index in [1.807, 2.05) is 18.3 Å². The number of amides is 2. The van der Waals surface area contributed by atoms with E-state index in [-0.39, 0.29) is 35.7 Å². The van der Waals surface area contributed by atoms with Gasteiger partial charge in [0.05, 0.1) is 6.04 Å². The Kier molecular flexibility index (Phi) is 7.24. The molecule has 1 atom stereocenters. The molecule has 0 saturated heterocycles. The molecule has 1 heterocycles. The van der Waals surface area contributed by atoms with Crippen LogP contribution in [0.4, 0.5) is 0 Å². The number of allylic oxidation sites excluding steroid dienone is 2. The molecule has 1 unspecified atom stereocenters. The minimum Gasteiger partial charge on any atom is -0.353 e. The average Bonchev–Trinajstić information content (AvgIpc) is 3.23. The highest BCUT2D eigenvalue weighted by Crippen LogP contribution is 2.28. The molecule has 2 N–H and O–H groups in total. The number of nitrogens with one attached hydrogen (secondary N) is 2. The zero-order valence-electron chi connectivity index (χ0n) is 17.1. The van der Waals surface area contributed by atoms with Crippen molar-refractivity contribution in [2.24, 2.45) is 17.8 Å². The third-order valence-electron chi connectivity index (χ3n) is 5.93. The Hall–Kier alpha value is -2.17. The molecule has 2 amide bonds. The van der Waals surface area contributed by atoms with Gasteiger partial charge in [0.15, 0.2) is 0 Å². The zero-order valence-corrected chi connectivity index (χ0v) is 17.1. The van der Waals surface area contributed by atoms with Crippen LogP contribution in [0.2, 0.25) is 0 Å². The molecule has 2 aliphatic carbocycles. The second-order valence-corrected chi connectivity index (χ2v) is 8.67. The highest BCUT2D eigenvalue weighted by atomic mass is 16.2. The van der Waals surface area contributed by atoms with Crippen molar-refractivity contribution in [3.05, 3.63) is 42.2 Å². The first-order valence-corrected chi connectivity index (χ1v) is 10.7. The molecule has 0 bridgehead atoms. The van der Waals surface area contributed by atoms with Gasteiger partial charge < -0.3 is 10.6 Å². The van der Waals surface area contributed by atoms with Gasteiger partial charge in [-0.25, -0.2) is 0 Å². The second-order valence-electron chi connectivity index (χ2n) is 8.67. The van der Waals surface area contributed by atoms with Gasteiger partial charge in [0.1, 0.15) is 0 Å². The zero-order chi connectivity index (χ0) is 19.9. The molecular formula is C23H33N3O2. The van der Waals surface area contributed by atoms with Gasteiger partial charge in [-0.1, -0.05) is 32.1 Å². The lowest BCUT2D eigenvalue weighted by Gasteiger charge is -2.30. The number of pyridine rings is 1. The first-order valence-electron chi connectivity index (χ1n) is 10.7. The third-order valence-corrected chi connectivity index (χ3v) is 5.93. The Morgan fingerprint density at radius 3 is 2.39 bits per heavy atom. The van der Waals surface area contributed by atoms with E-state index in [0.29, 0.717) is 5.92 Å². The lowest BCUT2D eigenvalue weighted by molar-refractivity contribution is -0.127. The van der Waals surface area contributed by atoms with Crippen molar-refractivity contribution in [2.45, 2.75) is 70.9 Å². The fraction of sp³-hybridized carbons (Fsp3) is 0.609. The molecule has 1 saturated carbocycles. The maximum Gasteiger partial charge on any atom is 0.223 e. The third kappa shape index (κ3) is 5.66. The summed E-state index contributed by atoms with van der Waals surface area (Å²) >= 11 is 0. The lowest BCUT2D eigenvalue weighted by atomic mass is 9.84. The van der Waals surface area contributed by atoms with Gasteiger partial charge in [0.2, 0.25) is 11.8 Å². The summed E-state index contributed by atoms with van der Waals surface area (Å²) in [6.07, 6.45) is 13.8. The summed E-state index contributed by atoms with van der Waals surface area (Å²) in [5, 5.41) is 6.45. The van der Waals surface area contributed by atoms with E-state index < -0.39 is 0 Å². The van der Waals surface area contributed by atoms with Gasteiger partial charge in [-0.2, -0.15) is 0 Å². The van der Waals surface area contributed by atoms with Crippen LogP contribution in [0.5, 0.6) is 0 Å². The first-order chi connectivity index (χ1) is 13.5. The van der Waals surface area contributed by atoms with Crippen molar-refractivity contribution >= 4 is 11.8 Å². The number of carbonyl (C=O) groups is 2. The maximum atomic E-state index is 12.9. The Labute approximate surface area is 168 Å². The molecule has 1 fully saturated rings. The predicted octanol–water partition coefficient (Wildman–Crippen LogP) is 3.93. The Bertz CT molecular complexity index is 670. The molecule has 0 radical (unpaired) electrons. The molecule has 5 heteroatoms. The smallest absolute Gasteiger partial charge is 0.223 e. The summed E-state index contributed by atoms with van der Waals surface area (Å²) in [4.78, 5) is 29.4. The van der Waals surface area contributed by atoms with Crippen molar-refractivity contribution in [1.29, 1.82) is 0 Å². The van der Waals surface area contributed by atoms with E-state index in [1.54, 1.807) is 6.20 Å². The Morgan fingerprint density at radius 1 is 1.07 bits per heavy atom. The van der Waals surface area contributed by atoms with Crippen LogP contribution in [0.15, 0.2) is 36.7 Å². The van der Waals surface area contributed by atoms with E-state index in [0.717, 1.165) is 50.5 Å². The summed E-state index contributed by atoms with van der Waals surface area (Å²) in [7, 11) is 0. The molecule has 0 spiro atoms. The molecule has 1 aromatic rings. The minimum atomic E-state index is 0.00786. The number of hydrogen-bond acceptors (Lipinski definition) is 3. The summed E-state index contributed by atoms with van der Waals surface area (Å²) in [6, 6.07) is 4.17. The number of nitrogens with zero attached hydrogens (tertiary/aromatic N) is 1. The summed E-state index contributed by atoms with van der Waals surface area (Å²) in [6.45, 7) is 4.34. The number of aromatic nitrogens is 1. The topological polar surface area (TPSA) is 71.1 Å². The summed E-state index contributed by atoms with van der Waals surface area (Å²) in [5.74, 6) is 0.942. The fourth-order valence-electron chi connectivity index (χ4n) is 4.27. The molecule has 152 valence electrons. The SMILES string of the molecule is CC(C)CC(NC(=O)C1CCC(NC(=O)C2CC=CC2)CC1)c1cccnc1. The van der Waals surface area contributed by atoms with Crippen LogP contribution in [0.25, 0.3) is 0 Å². The van der Waals surface area contributed by atoms with Crippen LogP contribution in [0, 0.1) is 17.8 Å². The van der Waals surface area contributed by atoms with Gasteiger partial charge in [-0.3, -0.25) is 14.6 Å². The quantitative estimate of drug-likeness (QED) is 0.701. The summed E-state index contributed by atoms with van der Waals surface area (Å²) in [5.41, 5.74) is 1.07. The van der Waals surface area contributed by atoms with Gasteiger partial charge in [-0.05, 0) is 62.5 Å². The normalized spacial score (nSPS) is 23.5. The minimum absolute atomic E-state index is 0.00786. The largest absolute Gasteiger partial charge is 0.353 e. The molecule has 0 aromatic carbocycles. The van der Waals surface area contributed by atoms with Crippen molar-refractivity contribution < 1.29 is 9.59 Å². The molecule has 1 aromatic heterocycles. The molecule has 3 rings (SSSR count). The highest BCUT2D eigenvalue weighted by molar-refractivity contribution is 5.80. The maximum absolute atomic E-state index is 12.9. The van der Waals surface area contributed by atoms with Crippen LogP contribution >= 0.6 is 0 Å². The Morgan fingerprint density at radius 2 is 1.79 bits per heavy atom. The molecule has 2 aliphatic rings. The van der Waals surface area contributed by atoms with Crippen molar-refractivity contribution in [3.63, 3.8) is 0 Å². The van der Waals surface area contributed by atoms with Crippen LogP contribution in [0.1, 0.15) is 70.4 Å². The van der Waals surface area contributed by atoms with Crippen molar-refractivity contribution in [1.82, 2.24) is 15.6 Å². The number of rotatable bonds is 7. The number of carbonyl (C=O) groups excluding carboxylic acids is 2. The van der Waals surface area contributed by atoms with E-state index in [4.69, 9.17) is 0 Å². The Balaban J connectivity index is 1.49. The molecule has 0 aliphatic heterocycles. The first kappa shape index (κ1) is 20.6.